The van der Waals surface area contributed by atoms with Gasteiger partial charge in [0.25, 0.3) is 0 Å². The molecule has 0 radical (unpaired) electrons. The average Bonchev–Trinajstić information content (AvgIpc) is 2.91. The van der Waals surface area contributed by atoms with Gasteiger partial charge in [0.2, 0.25) is 0 Å². The first-order valence-electron chi connectivity index (χ1n) is 12.2. The second-order valence-electron chi connectivity index (χ2n) is 10.0. The molecule has 0 atom stereocenters. The fourth-order valence-corrected chi connectivity index (χ4v) is 3.72. The number of nitrogens with one attached hydrogen (secondary N) is 6. The molecule has 0 spiro atoms. The summed E-state index contributed by atoms with van der Waals surface area (Å²) < 4.78 is 0. The van der Waals surface area contributed by atoms with E-state index in [4.69, 9.17) is 10.2 Å². The third-order valence-electron chi connectivity index (χ3n) is 6.06. The second kappa shape index (κ2) is 12.1. The van der Waals surface area contributed by atoms with Crippen LogP contribution in [0.1, 0.15) is 59.5 Å². The molecule has 210 valence electrons. The molecule has 0 heterocycles. The van der Waals surface area contributed by atoms with E-state index in [1.165, 1.54) is 48.5 Å². The molecule has 0 aliphatic heterocycles. The highest BCUT2D eigenvalue weighted by molar-refractivity contribution is 5.88. The van der Waals surface area contributed by atoms with E-state index in [1.54, 1.807) is 0 Å². The molecule has 4 amide bonds. The Morgan fingerprint density at radius 3 is 1.25 bits per heavy atom. The molecular weight excluding hydrogens is 516 g/mol. The van der Waals surface area contributed by atoms with E-state index in [0.717, 1.165) is 11.1 Å². The predicted molar refractivity (Wildman–Crippen MR) is 150 cm³/mol. The minimum atomic E-state index is -1.04. The highest BCUT2D eigenvalue weighted by Crippen LogP contribution is 2.26. The lowest BCUT2D eigenvalue weighted by Crippen LogP contribution is -2.49. The average molecular weight is 549 g/mol. The van der Waals surface area contributed by atoms with Crippen molar-refractivity contribution in [3.05, 3.63) is 95.1 Å². The first-order valence-corrected chi connectivity index (χ1v) is 12.2. The SMILES string of the molecule is CC(C)(NC(=O)NNc1ccc(C(=O)O)cc1)c1cccc(C(C)(C)NC(=O)NNc2ccc(C(=O)O)cc2)c1. The maximum absolute atomic E-state index is 12.6. The van der Waals surface area contributed by atoms with Crippen molar-refractivity contribution < 1.29 is 29.4 Å². The Morgan fingerprint density at radius 2 is 0.925 bits per heavy atom. The number of rotatable bonds is 10. The van der Waals surface area contributed by atoms with Crippen LogP contribution in [-0.2, 0) is 11.1 Å². The molecule has 0 saturated carbocycles. The van der Waals surface area contributed by atoms with Gasteiger partial charge >= 0.3 is 24.0 Å². The molecule has 0 aliphatic rings. The van der Waals surface area contributed by atoms with E-state index in [9.17, 15) is 19.2 Å². The van der Waals surface area contributed by atoms with Crippen LogP contribution in [-0.4, -0.2) is 34.2 Å². The van der Waals surface area contributed by atoms with Gasteiger partial charge in [0, 0.05) is 0 Å². The van der Waals surface area contributed by atoms with Crippen molar-refractivity contribution in [2.24, 2.45) is 0 Å². The van der Waals surface area contributed by atoms with Crippen LogP contribution in [0.15, 0.2) is 72.8 Å². The molecule has 8 N–H and O–H groups in total. The molecule has 0 fully saturated rings. The van der Waals surface area contributed by atoms with E-state index < -0.39 is 35.1 Å². The highest BCUT2D eigenvalue weighted by atomic mass is 16.4. The largest absolute Gasteiger partial charge is 0.478 e. The zero-order valence-electron chi connectivity index (χ0n) is 22.5. The van der Waals surface area contributed by atoms with Gasteiger partial charge < -0.3 is 20.8 Å². The maximum atomic E-state index is 12.6. The van der Waals surface area contributed by atoms with Crippen LogP contribution >= 0.6 is 0 Å². The van der Waals surface area contributed by atoms with Crippen molar-refractivity contribution in [2.75, 3.05) is 10.9 Å². The predicted octanol–water partition coefficient (Wildman–Crippen LogP) is 4.21. The number of hydrogen-bond acceptors (Lipinski definition) is 6. The molecule has 3 aromatic carbocycles. The summed E-state index contributed by atoms with van der Waals surface area (Å²) in [6.07, 6.45) is 0. The molecule has 0 unspecified atom stereocenters. The van der Waals surface area contributed by atoms with E-state index in [-0.39, 0.29) is 11.1 Å². The zero-order valence-corrected chi connectivity index (χ0v) is 22.5. The number of carbonyl (C=O) groups excluding carboxylic acids is 2. The van der Waals surface area contributed by atoms with Gasteiger partial charge in [-0.05, 0) is 87.4 Å². The van der Waals surface area contributed by atoms with Crippen molar-refractivity contribution in [3.8, 4) is 0 Å². The molecule has 3 rings (SSSR count). The Labute approximate surface area is 231 Å². The van der Waals surface area contributed by atoms with Gasteiger partial charge in [-0.25, -0.2) is 19.2 Å². The smallest absolute Gasteiger partial charge is 0.335 e. The van der Waals surface area contributed by atoms with Gasteiger partial charge in [0.15, 0.2) is 0 Å². The van der Waals surface area contributed by atoms with Crippen molar-refractivity contribution >= 4 is 35.4 Å². The van der Waals surface area contributed by atoms with Crippen LogP contribution in [0, 0.1) is 0 Å². The van der Waals surface area contributed by atoms with Crippen molar-refractivity contribution in [1.29, 1.82) is 0 Å². The van der Waals surface area contributed by atoms with E-state index >= 15 is 0 Å². The molecule has 40 heavy (non-hydrogen) atoms. The van der Waals surface area contributed by atoms with E-state index in [1.807, 2.05) is 52.0 Å². The summed E-state index contributed by atoms with van der Waals surface area (Å²) in [4.78, 5) is 47.1. The summed E-state index contributed by atoms with van der Waals surface area (Å²) in [7, 11) is 0. The number of hydrogen-bond donors (Lipinski definition) is 8. The number of carboxylic acids is 2. The first kappa shape index (κ1) is 29.3. The van der Waals surface area contributed by atoms with Crippen LogP contribution in [0.4, 0.5) is 21.0 Å². The summed E-state index contributed by atoms with van der Waals surface area (Å²) >= 11 is 0. The third kappa shape index (κ3) is 7.87. The monoisotopic (exact) mass is 548 g/mol. The van der Waals surface area contributed by atoms with Gasteiger partial charge in [-0.15, -0.1) is 0 Å². The van der Waals surface area contributed by atoms with Gasteiger partial charge in [0.1, 0.15) is 0 Å². The lowest BCUT2D eigenvalue weighted by Gasteiger charge is -2.31. The molecule has 3 aromatic rings. The quantitative estimate of drug-likeness (QED) is 0.173. The number of aromatic carboxylic acids is 2. The molecule has 0 aromatic heterocycles. The molecule has 0 aliphatic carbocycles. The molecule has 0 saturated heterocycles. The zero-order chi connectivity index (χ0) is 29.5. The van der Waals surface area contributed by atoms with Crippen molar-refractivity contribution in [3.63, 3.8) is 0 Å². The van der Waals surface area contributed by atoms with Crippen molar-refractivity contribution in [2.45, 2.75) is 38.8 Å². The fourth-order valence-electron chi connectivity index (χ4n) is 3.72. The number of urea groups is 2. The summed E-state index contributed by atoms with van der Waals surface area (Å²) in [6, 6.07) is 18.3. The van der Waals surface area contributed by atoms with E-state index in [0.29, 0.717) is 11.4 Å². The Balaban J connectivity index is 1.58. The second-order valence-corrected chi connectivity index (χ2v) is 10.0. The highest BCUT2D eigenvalue weighted by Gasteiger charge is 2.27. The van der Waals surface area contributed by atoms with Crippen molar-refractivity contribution in [1.82, 2.24) is 21.5 Å². The summed E-state index contributed by atoms with van der Waals surface area (Å²) in [6.45, 7) is 7.33. The molecular formula is C28H32N6O6. The van der Waals surface area contributed by atoms with Gasteiger partial charge in [-0.2, -0.15) is 0 Å². The Kier molecular flexibility index (Phi) is 8.84. The van der Waals surface area contributed by atoms with Gasteiger partial charge in [-0.1, -0.05) is 24.3 Å². The number of benzene rings is 3. The normalized spacial score (nSPS) is 11.1. The minimum Gasteiger partial charge on any atom is -0.478 e. The van der Waals surface area contributed by atoms with Crippen LogP contribution in [0.25, 0.3) is 0 Å². The minimum absolute atomic E-state index is 0.134. The number of amides is 4. The summed E-state index contributed by atoms with van der Waals surface area (Å²) in [5.41, 5.74) is 11.8. The standard InChI is InChI=1S/C28H32N6O6/c1-27(2,29-25(39)33-31-21-12-8-17(9-13-21)23(35)36)19-6-5-7-20(16-19)28(3,4)30-26(40)34-32-22-14-10-18(11-15-22)24(37)38/h5-16,31-32H,1-4H3,(H,35,36)(H,37,38)(H2,29,33,39)(H2,30,34,40). The fraction of sp³-hybridized carbons (Fsp3) is 0.214. The third-order valence-corrected chi connectivity index (χ3v) is 6.06. The lowest BCUT2D eigenvalue weighted by molar-refractivity contribution is 0.0686. The molecule has 0 bridgehead atoms. The first-order chi connectivity index (χ1) is 18.8. The summed E-state index contributed by atoms with van der Waals surface area (Å²) in [5.74, 6) is -2.08. The van der Waals surface area contributed by atoms with E-state index in [2.05, 4.69) is 32.3 Å². The van der Waals surface area contributed by atoms with Crippen LogP contribution in [0.5, 0.6) is 0 Å². The molecule has 12 heteroatoms. The Bertz CT molecular complexity index is 1280. The Morgan fingerprint density at radius 1 is 0.575 bits per heavy atom. The Hall–Kier alpha value is -5.26. The van der Waals surface area contributed by atoms with Crippen LogP contribution in [0.2, 0.25) is 0 Å². The lowest BCUT2D eigenvalue weighted by atomic mass is 9.87. The number of anilines is 2. The maximum Gasteiger partial charge on any atom is 0.335 e. The molecule has 12 nitrogen and oxygen atoms in total. The van der Waals surface area contributed by atoms with Crippen LogP contribution in [0.3, 0.4) is 0 Å². The number of hydrazine groups is 2. The number of carbonyl (C=O) groups is 4. The van der Waals surface area contributed by atoms with Crippen LogP contribution < -0.4 is 32.3 Å². The van der Waals surface area contributed by atoms with Gasteiger partial charge in [0.05, 0.1) is 33.6 Å². The number of carboxylic acid groups (broad SMARTS) is 2. The summed E-state index contributed by atoms with van der Waals surface area (Å²) in [5, 5.41) is 23.8. The van der Waals surface area contributed by atoms with Gasteiger partial charge in [-0.3, -0.25) is 21.7 Å². The topological polar surface area (TPSA) is 181 Å².